The Morgan fingerprint density at radius 1 is 1.27 bits per heavy atom. The summed E-state index contributed by atoms with van der Waals surface area (Å²) < 4.78 is 1.11. The van der Waals surface area contributed by atoms with Crippen LogP contribution < -0.4 is 0 Å². The fourth-order valence-corrected chi connectivity index (χ4v) is 4.38. The first kappa shape index (κ1) is 9.87. The van der Waals surface area contributed by atoms with Crippen LogP contribution >= 0.6 is 22.6 Å². The molecule has 1 saturated carbocycles. The van der Waals surface area contributed by atoms with Crippen LogP contribution in [0.3, 0.4) is 0 Å². The zero-order chi connectivity index (χ0) is 10.5. The Morgan fingerprint density at radius 2 is 2.00 bits per heavy atom. The molecule has 2 aliphatic carbocycles. The maximum atomic E-state index is 9.83. The Kier molecular flexibility index (Phi) is 2.20. The third kappa shape index (κ3) is 1.31. The van der Waals surface area contributed by atoms with Crippen molar-refractivity contribution in [3.05, 3.63) is 21.0 Å². The van der Waals surface area contributed by atoms with E-state index in [2.05, 4.69) is 27.6 Å². The van der Waals surface area contributed by atoms with Crippen molar-refractivity contribution >= 4 is 22.6 Å². The zero-order valence-electron chi connectivity index (χ0n) is 8.59. The van der Waals surface area contributed by atoms with Gasteiger partial charge in [-0.05, 0) is 59.3 Å². The fraction of sp³-hybridized carbons (Fsp3) is 0.583. The number of pyridine rings is 1. The van der Waals surface area contributed by atoms with E-state index in [4.69, 9.17) is 0 Å². The van der Waals surface area contributed by atoms with Crippen molar-refractivity contribution in [2.24, 2.45) is 0 Å². The zero-order valence-corrected chi connectivity index (χ0v) is 10.7. The van der Waals surface area contributed by atoms with E-state index in [1.165, 1.54) is 43.2 Å². The van der Waals surface area contributed by atoms with Gasteiger partial charge in [0.1, 0.15) is 9.45 Å². The van der Waals surface area contributed by atoms with Crippen molar-refractivity contribution in [1.29, 1.82) is 0 Å². The molecule has 0 saturated heterocycles. The van der Waals surface area contributed by atoms with Gasteiger partial charge in [0.15, 0.2) is 0 Å². The number of hydrogen-bond donors (Lipinski definition) is 1. The summed E-state index contributed by atoms with van der Waals surface area (Å²) in [5.74, 6) is 0.411. The minimum Gasteiger partial charge on any atom is -0.506 e. The molecule has 1 aromatic heterocycles. The highest BCUT2D eigenvalue weighted by molar-refractivity contribution is 14.1. The molecule has 0 radical (unpaired) electrons. The minimum absolute atomic E-state index is 0.373. The summed E-state index contributed by atoms with van der Waals surface area (Å²) in [6.07, 6.45) is 9.13. The van der Waals surface area contributed by atoms with Crippen LogP contribution in [0.5, 0.6) is 5.75 Å². The van der Waals surface area contributed by atoms with Gasteiger partial charge in [0, 0.05) is 5.56 Å². The van der Waals surface area contributed by atoms with Crippen LogP contribution in [-0.4, -0.2) is 10.1 Å². The Balaban J connectivity index is 2.20. The van der Waals surface area contributed by atoms with Gasteiger partial charge in [-0.25, -0.2) is 4.98 Å². The second-order valence-corrected chi connectivity index (χ2v) is 5.80. The highest BCUT2D eigenvalue weighted by Gasteiger charge is 2.43. The SMILES string of the molecule is Oc1cnc(I)c2c1CCC21CCCC1. The highest BCUT2D eigenvalue weighted by atomic mass is 127. The van der Waals surface area contributed by atoms with Gasteiger partial charge in [0.2, 0.25) is 0 Å². The second-order valence-electron chi connectivity index (χ2n) is 4.78. The van der Waals surface area contributed by atoms with Gasteiger partial charge >= 0.3 is 0 Å². The number of nitrogens with zero attached hydrogens (tertiary/aromatic N) is 1. The first-order valence-corrected chi connectivity index (χ1v) is 6.68. The van der Waals surface area contributed by atoms with Gasteiger partial charge in [0.25, 0.3) is 0 Å². The van der Waals surface area contributed by atoms with Gasteiger partial charge in [0.05, 0.1) is 6.20 Å². The summed E-state index contributed by atoms with van der Waals surface area (Å²) in [7, 11) is 0. The van der Waals surface area contributed by atoms with E-state index in [9.17, 15) is 5.11 Å². The van der Waals surface area contributed by atoms with E-state index in [1.807, 2.05) is 0 Å². The highest BCUT2D eigenvalue weighted by Crippen LogP contribution is 2.52. The van der Waals surface area contributed by atoms with Crippen LogP contribution in [0.2, 0.25) is 0 Å². The number of fused-ring (bicyclic) bond motifs is 2. The van der Waals surface area contributed by atoms with E-state index in [1.54, 1.807) is 6.20 Å². The molecule has 1 fully saturated rings. The van der Waals surface area contributed by atoms with Crippen molar-refractivity contribution in [2.45, 2.75) is 43.9 Å². The largest absolute Gasteiger partial charge is 0.506 e. The average molecular weight is 315 g/mol. The van der Waals surface area contributed by atoms with Crippen LogP contribution in [0.1, 0.15) is 43.2 Å². The summed E-state index contributed by atoms with van der Waals surface area (Å²) in [4.78, 5) is 4.31. The van der Waals surface area contributed by atoms with Gasteiger partial charge in [-0.2, -0.15) is 0 Å². The summed E-state index contributed by atoms with van der Waals surface area (Å²) in [6, 6.07) is 0. The first-order valence-electron chi connectivity index (χ1n) is 5.60. The third-order valence-corrected chi connectivity index (χ3v) is 4.88. The maximum absolute atomic E-state index is 9.83. The predicted octanol–water partition coefficient (Wildman–Crippen LogP) is 3.15. The summed E-state index contributed by atoms with van der Waals surface area (Å²) in [5.41, 5.74) is 2.93. The average Bonchev–Trinajstić information content (AvgIpc) is 2.83. The van der Waals surface area contributed by atoms with Crippen LogP contribution in [0.25, 0.3) is 0 Å². The molecule has 1 heterocycles. The molecule has 0 bridgehead atoms. The van der Waals surface area contributed by atoms with E-state index >= 15 is 0 Å². The number of hydrogen-bond acceptors (Lipinski definition) is 2. The molecule has 0 amide bonds. The maximum Gasteiger partial charge on any atom is 0.137 e. The molecule has 1 N–H and O–H groups in total. The van der Waals surface area contributed by atoms with E-state index in [0.717, 1.165) is 10.1 Å². The third-order valence-electron chi connectivity index (χ3n) is 4.06. The van der Waals surface area contributed by atoms with Gasteiger partial charge in [-0.1, -0.05) is 12.8 Å². The predicted molar refractivity (Wildman–Crippen MR) is 67.1 cm³/mol. The smallest absolute Gasteiger partial charge is 0.137 e. The molecule has 0 atom stereocenters. The van der Waals surface area contributed by atoms with Crippen LogP contribution in [0.4, 0.5) is 0 Å². The number of halogens is 1. The van der Waals surface area contributed by atoms with Gasteiger partial charge in [-0.15, -0.1) is 0 Å². The van der Waals surface area contributed by atoms with Gasteiger partial charge < -0.3 is 5.11 Å². The summed E-state index contributed by atoms with van der Waals surface area (Å²) in [5, 5.41) is 9.83. The Morgan fingerprint density at radius 3 is 2.73 bits per heavy atom. The van der Waals surface area contributed by atoms with Crippen molar-refractivity contribution < 1.29 is 5.11 Å². The molecule has 2 nitrogen and oxygen atoms in total. The lowest BCUT2D eigenvalue weighted by Crippen LogP contribution is -2.19. The van der Waals surface area contributed by atoms with Crippen molar-refractivity contribution in [1.82, 2.24) is 4.98 Å². The molecule has 0 aromatic carbocycles. The van der Waals surface area contributed by atoms with Crippen LogP contribution in [0, 0.1) is 3.70 Å². The van der Waals surface area contributed by atoms with E-state index < -0.39 is 0 Å². The molecule has 15 heavy (non-hydrogen) atoms. The molecule has 0 aliphatic heterocycles. The normalized spacial score (nSPS) is 22.2. The summed E-state index contributed by atoms with van der Waals surface area (Å²) in [6.45, 7) is 0. The summed E-state index contributed by atoms with van der Waals surface area (Å²) >= 11 is 2.32. The van der Waals surface area contributed by atoms with Crippen molar-refractivity contribution in [3.8, 4) is 5.75 Å². The standard InChI is InChI=1S/C12H14INO/c13-11-10-8(9(15)7-14-11)3-6-12(10)4-1-2-5-12/h7,15H,1-6H2. The topological polar surface area (TPSA) is 33.1 Å². The monoisotopic (exact) mass is 315 g/mol. The Hall–Kier alpha value is -0.320. The number of rotatable bonds is 0. The molecule has 0 unspecified atom stereocenters. The lowest BCUT2D eigenvalue weighted by molar-refractivity contribution is 0.435. The molecule has 3 heteroatoms. The molecule has 1 aromatic rings. The molecule has 2 aliphatic rings. The van der Waals surface area contributed by atoms with Crippen LogP contribution in [-0.2, 0) is 11.8 Å². The molecular weight excluding hydrogens is 301 g/mol. The van der Waals surface area contributed by atoms with Crippen molar-refractivity contribution in [2.75, 3.05) is 0 Å². The molecule has 80 valence electrons. The fourth-order valence-electron chi connectivity index (χ4n) is 3.35. The lowest BCUT2D eigenvalue weighted by atomic mass is 9.81. The van der Waals surface area contributed by atoms with Crippen molar-refractivity contribution in [3.63, 3.8) is 0 Å². The number of aromatic nitrogens is 1. The first-order chi connectivity index (χ1) is 7.23. The van der Waals surface area contributed by atoms with Crippen LogP contribution in [0.15, 0.2) is 6.20 Å². The van der Waals surface area contributed by atoms with Gasteiger partial charge in [-0.3, -0.25) is 0 Å². The quantitative estimate of drug-likeness (QED) is 0.589. The number of aromatic hydroxyl groups is 1. The molecular formula is C12H14INO. The Bertz CT molecular complexity index is 410. The molecule has 3 rings (SSSR count). The van der Waals surface area contributed by atoms with E-state index in [0.29, 0.717) is 11.2 Å². The minimum atomic E-state index is 0.373. The Labute approximate surface area is 103 Å². The second kappa shape index (κ2) is 3.34. The lowest BCUT2D eigenvalue weighted by Gasteiger charge is -2.24. The van der Waals surface area contributed by atoms with E-state index in [-0.39, 0.29) is 0 Å². The molecule has 1 spiro atoms.